The topological polar surface area (TPSA) is 50.8 Å². The molecule has 114 valence electrons. The maximum atomic E-state index is 11.9. The maximum Gasteiger partial charge on any atom is 0.317 e. The number of carbonyl (C=O) groups excluding carboxylic acids is 1. The number of fused-ring (bicyclic) bond motifs is 1. The zero-order valence-corrected chi connectivity index (χ0v) is 12.3. The smallest absolute Gasteiger partial charge is 0.317 e. The molecule has 21 heavy (non-hydrogen) atoms. The minimum Gasteiger partial charge on any atom is -0.492 e. The number of hydrogen-bond donors (Lipinski definition) is 1. The Balaban J connectivity index is 1.39. The maximum absolute atomic E-state index is 11.9. The Hall–Kier alpha value is -1.75. The van der Waals surface area contributed by atoms with E-state index in [1.54, 1.807) is 4.90 Å². The Kier molecular flexibility index (Phi) is 4.60. The lowest BCUT2D eigenvalue weighted by Gasteiger charge is -2.26. The summed E-state index contributed by atoms with van der Waals surface area (Å²) >= 11 is 0. The number of hydrogen-bond acceptors (Lipinski definition) is 3. The van der Waals surface area contributed by atoms with Gasteiger partial charge in [-0.1, -0.05) is 6.07 Å². The summed E-state index contributed by atoms with van der Waals surface area (Å²) in [5.74, 6) is 0.899. The summed E-state index contributed by atoms with van der Waals surface area (Å²) in [4.78, 5) is 13.6. The van der Waals surface area contributed by atoms with Gasteiger partial charge in [-0.3, -0.25) is 0 Å². The molecule has 2 aliphatic rings. The van der Waals surface area contributed by atoms with Gasteiger partial charge in [0.15, 0.2) is 0 Å². The molecule has 0 spiro atoms. The van der Waals surface area contributed by atoms with Crippen molar-refractivity contribution in [2.24, 2.45) is 0 Å². The number of carbonyl (C=O) groups is 1. The summed E-state index contributed by atoms with van der Waals surface area (Å²) in [5, 5.41) is 2.88. The van der Waals surface area contributed by atoms with Crippen molar-refractivity contribution in [1.29, 1.82) is 0 Å². The highest BCUT2D eigenvalue weighted by molar-refractivity contribution is 5.74. The predicted octanol–water partition coefficient (Wildman–Crippen LogP) is 1.60. The van der Waals surface area contributed by atoms with Crippen molar-refractivity contribution < 1.29 is 14.3 Å². The fraction of sp³-hybridized carbons (Fsp3) is 0.562. The third-order valence-electron chi connectivity index (χ3n) is 4.02. The number of morpholine rings is 1. The third-order valence-corrected chi connectivity index (χ3v) is 4.02. The minimum atomic E-state index is -0.0316. The Morgan fingerprint density at radius 1 is 1.24 bits per heavy atom. The summed E-state index contributed by atoms with van der Waals surface area (Å²) in [6, 6.07) is 6.28. The number of urea groups is 1. The summed E-state index contributed by atoms with van der Waals surface area (Å²) in [6.07, 6.45) is 3.58. The highest BCUT2D eigenvalue weighted by atomic mass is 16.5. The van der Waals surface area contributed by atoms with Gasteiger partial charge in [0, 0.05) is 13.1 Å². The van der Waals surface area contributed by atoms with Gasteiger partial charge in [0.2, 0.25) is 0 Å². The molecule has 1 N–H and O–H groups in total. The van der Waals surface area contributed by atoms with E-state index in [-0.39, 0.29) is 6.03 Å². The molecule has 0 aromatic heterocycles. The summed E-state index contributed by atoms with van der Waals surface area (Å²) in [7, 11) is 0. The van der Waals surface area contributed by atoms with Crippen molar-refractivity contribution in [3.63, 3.8) is 0 Å². The number of nitrogens with one attached hydrogen (secondary N) is 1. The van der Waals surface area contributed by atoms with Crippen molar-refractivity contribution in [2.45, 2.75) is 19.3 Å². The second-order valence-electron chi connectivity index (χ2n) is 5.46. The van der Waals surface area contributed by atoms with E-state index in [1.807, 2.05) is 6.07 Å². The number of rotatable bonds is 4. The first-order chi connectivity index (χ1) is 10.3. The molecule has 5 nitrogen and oxygen atoms in total. The Bertz CT molecular complexity index is 498. The average molecular weight is 290 g/mol. The van der Waals surface area contributed by atoms with E-state index in [2.05, 4.69) is 17.4 Å². The molecule has 1 aromatic carbocycles. The highest BCUT2D eigenvalue weighted by Gasteiger charge is 2.16. The quantitative estimate of drug-likeness (QED) is 0.857. The summed E-state index contributed by atoms with van der Waals surface area (Å²) in [5.41, 5.74) is 2.85. The van der Waals surface area contributed by atoms with Crippen LogP contribution in [0.4, 0.5) is 4.79 Å². The molecule has 2 amide bonds. The molecule has 0 radical (unpaired) electrons. The van der Waals surface area contributed by atoms with Crippen LogP contribution in [0.3, 0.4) is 0 Å². The van der Waals surface area contributed by atoms with Crippen LogP contribution in [0.25, 0.3) is 0 Å². The highest BCUT2D eigenvalue weighted by Crippen LogP contribution is 2.25. The molecule has 5 heteroatoms. The lowest BCUT2D eigenvalue weighted by atomic mass is 10.1. The Morgan fingerprint density at radius 2 is 2.05 bits per heavy atom. The van der Waals surface area contributed by atoms with Crippen molar-refractivity contribution in [3.8, 4) is 5.75 Å². The summed E-state index contributed by atoms with van der Waals surface area (Å²) in [6.45, 7) is 3.59. The van der Waals surface area contributed by atoms with E-state index in [9.17, 15) is 4.79 Å². The van der Waals surface area contributed by atoms with E-state index in [0.29, 0.717) is 39.5 Å². The van der Waals surface area contributed by atoms with Crippen LogP contribution in [0, 0.1) is 0 Å². The van der Waals surface area contributed by atoms with E-state index >= 15 is 0 Å². The zero-order chi connectivity index (χ0) is 14.5. The van der Waals surface area contributed by atoms with Crippen molar-refractivity contribution in [2.75, 3.05) is 39.5 Å². The van der Waals surface area contributed by atoms with Gasteiger partial charge in [0.25, 0.3) is 0 Å². The predicted molar refractivity (Wildman–Crippen MR) is 79.8 cm³/mol. The first-order valence-electron chi connectivity index (χ1n) is 7.68. The fourth-order valence-corrected chi connectivity index (χ4v) is 2.84. The van der Waals surface area contributed by atoms with Crippen LogP contribution in [0.1, 0.15) is 17.5 Å². The van der Waals surface area contributed by atoms with Gasteiger partial charge in [0.05, 0.1) is 19.8 Å². The molecule has 0 bridgehead atoms. The average Bonchev–Trinajstić information content (AvgIpc) is 3.00. The molecule has 1 aliphatic carbocycles. The van der Waals surface area contributed by atoms with Crippen LogP contribution in [0.15, 0.2) is 18.2 Å². The molecule has 0 unspecified atom stereocenters. The SMILES string of the molecule is O=C(NCCOc1ccc2c(c1)CCC2)N1CCOCC1. The van der Waals surface area contributed by atoms with Crippen LogP contribution in [0.5, 0.6) is 5.75 Å². The van der Waals surface area contributed by atoms with E-state index in [4.69, 9.17) is 9.47 Å². The number of ether oxygens (including phenoxy) is 2. The molecule has 0 saturated carbocycles. The first kappa shape index (κ1) is 14.2. The second kappa shape index (κ2) is 6.80. The van der Waals surface area contributed by atoms with Crippen LogP contribution in [0.2, 0.25) is 0 Å². The molecule has 1 saturated heterocycles. The largest absolute Gasteiger partial charge is 0.492 e. The molecule has 1 heterocycles. The van der Waals surface area contributed by atoms with Crippen LogP contribution < -0.4 is 10.1 Å². The van der Waals surface area contributed by atoms with Crippen LogP contribution in [-0.2, 0) is 17.6 Å². The monoisotopic (exact) mass is 290 g/mol. The van der Waals surface area contributed by atoms with Gasteiger partial charge >= 0.3 is 6.03 Å². The number of benzene rings is 1. The standard InChI is InChI=1S/C16H22N2O3/c19-16(18-7-10-20-11-8-18)17-6-9-21-15-5-4-13-2-1-3-14(13)12-15/h4-5,12H,1-3,6-11H2,(H,17,19). The van der Waals surface area contributed by atoms with Gasteiger partial charge in [-0.2, -0.15) is 0 Å². The molecule has 1 fully saturated rings. The van der Waals surface area contributed by atoms with E-state index in [1.165, 1.54) is 24.0 Å². The van der Waals surface area contributed by atoms with Gasteiger partial charge in [-0.15, -0.1) is 0 Å². The van der Waals surface area contributed by atoms with Crippen LogP contribution >= 0.6 is 0 Å². The van der Waals surface area contributed by atoms with Gasteiger partial charge in [0.1, 0.15) is 12.4 Å². The first-order valence-corrected chi connectivity index (χ1v) is 7.68. The number of aryl methyl sites for hydroxylation is 2. The van der Waals surface area contributed by atoms with Crippen molar-refractivity contribution in [3.05, 3.63) is 29.3 Å². The second-order valence-corrected chi connectivity index (χ2v) is 5.46. The fourth-order valence-electron chi connectivity index (χ4n) is 2.84. The number of nitrogens with zero attached hydrogens (tertiary/aromatic N) is 1. The molecule has 0 atom stereocenters. The van der Waals surface area contributed by atoms with Crippen molar-refractivity contribution >= 4 is 6.03 Å². The Morgan fingerprint density at radius 3 is 2.90 bits per heavy atom. The lowest BCUT2D eigenvalue weighted by molar-refractivity contribution is 0.0530. The summed E-state index contributed by atoms with van der Waals surface area (Å²) < 4.78 is 10.9. The molecule has 1 aromatic rings. The Labute approximate surface area is 125 Å². The molecular weight excluding hydrogens is 268 g/mol. The third kappa shape index (κ3) is 3.67. The number of amides is 2. The zero-order valence-electron chi connectivity index (χ0n) is 12.3. The molecular formula is C16H22N2O3. The van der Waals surface area contributed by atoms with Gasteiger partial charge in [-0.25, -0.2) is 4.79 Å². The van der Waals surface area contributed by atoms with Gasteiger partial charge < -0.3 is 19.7 Å². The van der Waals surface area contributed by atoms with Gasteiger partial charge in [-0.05, 0) is 42.5 Å². The normalized spacial score (nSPS) is 17.4. The van der Waals surface area contributed by atoms with Crippen molar-refractivity contribution in [1.82, 2.24) is 10.2 Å². The van der Waals surface area contributed by atoms with Crippen LogP contribution in [-0.4, -0.2) is 50.4 Å². The van der Waals surface area contributed by atoms with E-state index < -0.39 is 0 Å². The molecule has 3 rings (SSSR count). The molecule has 1 aliphatic heterocycles. The minimum absolute atomic E-state index is 0.0316. The lowest BCUT2D eigenvalue weighted by Crippen LogP contribution is -2.47. The van der Waals surface area contributed by atoms with E-state index in [0.717, 1.165) is 12.2 Å².